The lowest BCUT2D eigenvalue weighted by atomic mass is 10.2. The highest BCUT2D eigenvalue weighted by molar-refractivity contribution is 9.10. The highest BCUT2D eigenvalue weighted by Crippen LogP contribution is 2.32. The molecule has 1 aliphatic rings. The van der Waals surface area contributed by atoms with E-state index in [-0.39, 0.29) is 25.0 Å². The number of carbonyl (C=O) groups is 8. The van der Waals surface area contributed by atoms with E-state index in [0.29, 0.717) is 21.2 Å². The standard InChI is InChI=1S/C33H38BrN5O14/c1-15(27(42)39-14-13-38(21(7)40)33(39)37-23-9-10-24-26(25(23)34)36-12-11-35-24)49-29(44)17(3)51-31(46)19(5)53-32(47)20(6)52-30(45)18(4)50-28(43)16(2)48-22(8)41/h9-12,15-20H,13-14H2,1-8H3/t15-,16-,17-,18-,19-,20-/m1/s1. The number of guanidine groups is 1. The molecule has 286 valence electrons. The summed E-state index contributed by atoms with van der Waals surface area (Å²) in [6.45, 7) is 9.68. The molecule has 2 aromatic rings. The molecule has 3 rings (SSSR count). The van der Waals surface area contributed by atoms with Crippen LogP contribution in [0, 0.1) is 0 Å². The zero-order valence-electron chi connectivity index (χ0n) is 30.0. The molecule has 20 heteroatoms. The zero-order chi connectivity index (χ0) is 39.7. The highest BCUT2D eigenvalue weighted by atomic mass is 79.9. The Morgan fingerprint density at radius 1 is 0.623 bits per heavy atom. The molecular weight excluding hydrogens is 770 g/mol. The summed E-state index contributed by atoms with van der Waals surface area (Å²) >= 11 is 3.46. The number of carbonyl (C=O) groups excluding carboxylic acids is 8. The average molecular weight is 809 g/mol. The third-order valence-electron chi connectivity index (χ3n) is 7.27. The molecule has 0 bridgehead atoms. The monoisotopic (exact) mass is 807 g/mol. The smallest absolute Gasteiger partial charge is 0.347 e. The van der Waals surface area contributed by atoms with Crippen LogP contribution in [0.3, 0.4) is 0 Å². The first-order chi connectivity index (χ1) is 24.8. The lowest BCUT2D eigenvalue weighted by molar-refractivity contribution is -0.187. The summed E-state index contributed by atoms with van der Waals surface area (Å²) in [5.74, 6) is -7.46. The number of rotatable bonds is 13. The number of hydrogen-bond donors (Lipinski definition) is 0. The second-order valence-electron chi connectivity index (χ2n) is 11.5. The highest BCUT2D eigenvalue weighted by Gasteiger charge is 2.38. The van der Waals surface area contributed by atoms with E-state index in [2.05, 4.69) is 35.6 Å². The Bertz CT molecular complexity index is 1820. The minimum Gasteiger partial charge on any atom is -0.451 e. The number of benzene rings is 1. The van der Waals surface area contributed by atoms with Gasteiger partial charge in [-0.25, -0.2) is 29.0 Å². The second kappa shape index (κ2) is 18.3. The van der Waals surface area contributed by atoms with E-state index < -0.39 is 78.3 Å². The van der Waals surface area contributed by atoms with Gasteiger partial charge in [0, 0.05) is 39.3 Å². The molecule has 0 saturated carbocycles. The summed E-state index contributed by atoms with van der Waals surface area (Å²) in [5, 5.41) is 0. The van der Waals surface area contributed by atoms with Crippen LogP contribution in [-0.4, -0.2) is 123 Å². The van der Waals surface area contributed by atoms with Crippen molar-refractivity contribution in [3.05, 3.63) is 29.0 Å². The molecule has 6 atom stereocenters. The largest absolute Gasteiger partial charge is 0.451 e. The van der Waals surface area contributed by atoms with Crippen molar-refractivity contribution in [2.45, 2.75) is 92.0 Å². The first-order valence-corrected chi connectivity index (χ1v) is 16.9. The summed E-state index contributed by atoms with van der Waals surface area (Å²) in [6, 6.07) is 3.31. The number of nitrogens with zero attached hydrogens (tertiary/aromatic N) is 5. The number of esters is 6. The van der Waals surface area contributed by atoms with Crippen LogP contribution >= 0.6 is 15.9 Å². The molecule has 0 N–H and O–H groups in total. The number of aromatic nitrogens is 2. The molecule has 0 spiro atoms. The molecule has 19 nitrogen and oxygen atoms in total. The van der Waals surface area contributed by atoms with Crippen molar-refractivity contribution in [2.24, 2.45) is 4.99 Å². The number of halogens is 1. The summed E-state index contributed by atoms with van der Waals surface area (Å²) < 4.78 is 30.2. The quantitative estimate of drug-likeness (QED) is 0.207. The van der Waals surface area contributed by atoms with Gasteiger partial charge in [0.1, 0.15) is 5.52 Å². The van der Waals surface area contributed by atoms with Crippen molar-refractivity contribution in [2.75, 3.05) is 13.1 Å². The number of ether oxygens (including phenoxy) is 6. The molecule has 53 heavy (non-hydrogen) atoms. The maximum atomic E-state index is 13.5. The Morgan fingerprint density at radius 3 is 1.49 bits per heavy atom. The van der Waals surface area contributed by atoms with Crippen molar-refractivity contribution in [3.8, 4) is 0 Å². The fourth-order valence-electron chi connectivity index (χ4n) is 4.47. The minimum atomic E-state index is -1.58. The Labute approximate surface area is 311 Å². The molecular formula is C33H38BrN5O14. The topological polar surface area (TPSA) is 237 Å². The van der Waals surface area contributed by atoms with Crippen LogP contribution in [0.25, 0.3) is 11.0 Å². The van der Waals surface area contributed by atoms with Crippen molar-refractivity contribution in [1.82, 2.24) is 19.8 Å². The predicted molar refractivity (Wildman–Crippen MR) is 182 cm³/mol. The van der Waals surface area contributed by atoms with Crippen LogP contribution in [0.2, 0.25) is 0 Å². The molecule has 2 amide bonds. The van der Waals surface area contributed by atoms with Gasteiger partial charge >= 0.3 is 35.8 Å². The van der Waals surface area contributed by atoms with Crippen LogP contribution in [0.1, 0.15) is 55.4 Å². The molecule has 1 aromatic carbocycles. The van der Waals surface area contributed by atoms with Crippen molar-refractivity contribution in [3.63, 3.8) is 0 Å². The third-order valence-corrected chi connectivity index (χ3v) is 8.05. The molecule has 1 fully saturated rings. The first kappa shape index (κ1) is 41.9. The van der Waals surface area contributed by atoms with Crippen molar-refractivity contribution < 1.29 is 66.8 Å². The Morgan fingerprint density at radius 2 is 1.04 bits per heavy atom. The molecule has 1 aromatic heterocycles. The molecule has 0 radical (unpaired) electrons. The van der Waals surface area contributed by atoms with Crippen LogP contribution in [0.4, 0.5) is 5.69 Å². The van der Waals surface area contributed by atoms with Gasteiger partial charge in [0.2, 0.25) is 11.9 Å². The molecule has 1 aliphatic heterocycles. The fourth-order valence-corrected chi connectivity index (χ4v) is 5.00. The van der Waals surface area contributed by atoms with E-state index in [1.165, 1.54) is 49.9 Å². The number of hydrogen-bond acceptors (Lipinski definition) is 17. The normalized spacial score (nSPS) is 16.7. The third kappa shape index (κ3) is 11.0. The minimum absolute atomic E-state index is 0.00583. The maximum absolute atomic E-state index is 13.5. The molecule has 2 heterocycles. The maximum Gasteiger partial charge on any atom is 0.347 e. The van der Waals surface area contributed by atoms with Gasteiger partial charge in [-0.1, -0.05) is 0 Å². The van der Waals surface area contributed by atoms with Gasteiger partial charge in [-0.2, -0.15) is 0 Å². The summed E-state index contributed by atoms with van der Waals surface area (Å²) in [4.78, 5) is 115. The van der Waals surface area contributed by atoms with E-state index in [1.54, 1.807) is 12.1 Å². The fraction of sp³-hybridized carbons (Fsp3) is 0.485. The van der Waals surface area contributed by atoms with Gasteiger partial charge in [0.25, 0.3) is 5.91 Å². The van der Waals surface area contributed by atoms with Gasteiger partial charge < -0.3 is 28.4 Å². The molecule has 0 unspecified atom stereocenters. The first-order valence-electron chi connectivity index (χ1n) is 16.1. The second-order valence-corrected chi connectivity index (χ2v) is 12.3. The number of aliphatic imine (C=N–C) groups is 1. The van der Waals surface area contributed by atoms with Crippen LogP contribution in [0.15, 0.2) is 34.0 Å². The predicted octanol–water partition coefficient (Wildman–Crippen LogP) is 1.68. The molecule has 1 saturated heterocycles. The van der Waals surface area contributed by atoms with Gasteiger partial charge in [-0.3, -0.25) is 34.2 Å². The number of fused-ring (bicyclic) bond motifs is 1. The van der Waals surface area contributed by atoms with Gasteiger partial charge in [-0.15, -0.1) is 0 Å². The molecule has 0 aliphatic carbocycles. The van der Waals surface area contributed by atoms with Crippen LogP contribution in [0.5, 0.6) is 0 Å². The van der Waals surface area contributed by atoms with Crippen LogP contribution in [-0.2, 0) is 66.8 Å². The van der Waals surface area contributed by atoms with E-state index in [1.807, 2.05) is 0 Å². The van der Waals surface area contributed by atoms with E-state index >= 15 is 0 Å². The lowest BCUT2D eigenvalue weighted by Crippen LogP contribution is -2.45. The Hall–Kier alpha value is -5.53. The summed E-state index contributed by atoms with van der Waals surface area (Å²) in [5.41, 5.74) is 1.45. The van der Waals surface area contributed by atoms with Crippen molar-refractivity contribution >= 4 is 86.2 Å². The van der Waals surface area contributed by atoms with Gasteiger partial charge in [0.05, 0.1) is 15.7 Å². The van der Waals surface area contributed by atoms with Gasteiger partial charge in [-0.05, 0) is 69.6 Å². The zero-order valence-corrected chi connectivity index (χ0v) is 31.6. The van der Waals surface area contributed by atoms with Gasteiger partial charge in [0.15, 0.2) is 36.6 Å². The van der Waals surface area contributed by atoms with Crippen molar-refractivity contribution in [1.29, 1.82) is 0 Å². The summed E-state index contributed by atoms with van der Waals surface area (Å²) in [7, 11) is 0. The summed E-state index contributed by atoms with van der Waals surface area (Å²) in [6.07, 6.45) is -5.87. The van der Waals surface area contributed by atoms with E-state index in [9.17, 15) is 38.4 Å². The Balaban J connectivity index is 1.56. The van der Waals surface area contributed by atoms with E-state index in [0.717, 1.165) is 27.7 Å². The lowest BCUT2D eigenvalue weighted by Gasteiger charge is -2.24. The van der Waals surface area contributed by atoms with E-state index in [4.69, 9.17) is 23.7 Å². The Kier molecular flexibility index (Phi) is 14.5. The average Bonchev–Trinajstić information content (AvgIpc) is 3.52. The van der Waals surface area contributed by atoms with Crippen LogP contribution < -0.4 is 0 Å². The SMILES string of the molecule is CC(=O)O[C@H](C)C(=O)O[C@H](C)C(=O)O[C@H](C)C(=O)O[C@H](C)C(=O)O[C@H](C)C(=O)O[C@H](C)C(=O)N1CCN(C(C)=O)C1=Nc1ccc2nccnc2c1Br. The number of amides is 2.